The van der Waals surface area contributed by atoms with Gasteiger partial charge >= 0.3 is 0 Å². The number of hydrogen-bond acceptors (Lipinski definition) is 7. The summed E-state index contributed by atoms with van der Waals surface area (Å²) in [6.45, 7) is 0.630. The van der Waals surface area contributed by atoms with E-state index in [4.69, 9.17) is 0 Å². The SMILES string of the molecule is O=C1CCC(N2Cc3cc(-n4cc(C(=O)N5CCCc6cc[nH]c(=O)c65)nn4)ccc3C2=O)C(=O)N1. The Hall–Kier alpha value is -4.61. The first kappa shape index (κ1) is 21.9. The highest BCUT2D eigenvalue weighted by atomic mass is 16.2. The van der Waals surface area contributed by atoms with E-state index >= 15 is 0 Å². The summed E-state index contributed by atoms with van der Waals surface area (Å²) in [4.78, 5) is 67.8. The van der Waals surface area contributed by atoms with E-state index < -0.39 is 17.9 Å². The number of carbonyl (C=O) groups excluding carboxylic acids is 4. The zero-order valence-corrected chi connectivity index (χ0v) is 19.1. The van der Waals surface area contributed by atoms with Crippen LogP contribution >= 0.6 is 0 Å². The fourth-order valence-corrected chi connectivity index (χ4v) is 5.08. The van der Waals surface area contributed by atoms with Crippen molar-refractivity contribution in [2.75, 3.05) is 11.4 Å². The van der Waals surface area contributed by atoms with Gasteiger partial charge in [0.15, 0.2) is 5.69 Å². The molecule has 3 aliphatic rings. The second kappa shape index (κ2) is 8.26. The van der Waals surface area contributed by atoms with Crippen molar-refractivity contribution in [3.05, 3.63) is 69.4 Å². The van der Waals surface area contributed by atoms with Crippen molar-refractivity contribution in [2.24, 2.45) is 0 Å². The largest absolute Gasteiger partial charge is 0.327 e. The number of amides is 4. The molecule has 0 saturated carbocycles. The number of carbonyl (C=O) groups is 4. The minimum atomic E-state index is -0.697. The van der Waals surface area contributed by atoms with Gasteiger partial charge < -0.3 is 14.8 Å². The normalized spacial score (nSPS) is 19.2. The van der Waals surface area contributed by atoms with Crippen molar-refractivity contribution >= 4 is 29.3 Å². The molecule has 2 N–H and O–H groups in total. The van der Waals surface area contributed by atoms with Crippen LogP contribution in [0, 0.1) is 0 Å². The average molecular weight is 487 g/mol. The number of fused-ring (bicyclic) bond motifs is 2. The molecule has 6 rings (SSSR count). The van der Waals surface area contributed by atoms with Gasteiger partial charge in [-0.3, -0.25) is 29.3 Å². The maximum atomic E-state index is 13.2. The Balaban J connectivity index is 1.25. The van der Waals surface area contributed by atoms with E-state index in [1.807, 2.05) is 0 Å². The number of hydrogen-bond donors (Lipinski definition) is 2. The second-order valence-corrected chi connectivity index (χ2v) is 9.03. The van der Waals surface area contributed by atoms with E-state index in [9.17, 15) is 24.0 Å². The van der Waals surface area contributed by atoms with E-state index in [-0.39, 0.29) is 42.5 Å². The lowest BCUT2D eigenvalue weighted by molar-refractivity contribution is -0.136. The van der Waals surface area contributed by atoms with E-state index in [1.165, 1.54) is 20.7 Å². The minimum Gasteiger partial charge on any atom is -0.327 e. The van der Waals surface area contributed by atoms with Crippen LogP contribution in [-0.2, 0) is 22.6 Å². The zero-order valence-electron chi connectivity index (χ0n) is 19.1. The molecule has 3 aromatic rings. The first-order valence-corrected chi connectivity index (χ1v) is 11.6. The quantitative estimate of drug-likeness (QED) is 0.505. The summed E-state index contributed by atoms with van der Waals surface area (Å²) >= 11 is 0. The molecule has 182 valence electrons. The summed E-state index contributed by atoms with van der Waals surface area (Å²) in [6, 6.07) is 6.22. The van der Waals surface area contributed by atoms with Crippen molar-refractivity contribution in [3.63, 3.8) is 0 Å². The molecule has 0 spiro atoms. The lowest BCUT2D eigenvalue weighted by atomic mass is 10.0. The van der Waals surface area contributed by atoms with Crippen LogP contribution in [0.2, 0.25) is 0 Å². The Kier molecular flexibility index (Phi) is 5.02. The average Bonchev–Trinajstić information content (AvgIpc) is 3.49. The monoisotopic (exact) mass is 487 g/mol. The second-order valence-electron chi connectivity index (χ2n) is 9.03. The van der Waals surface area contributed by atoms with Crippen molar-refractivity contribution in [3.8, 4) is 5.69 Å². The van der Waals surface area contributed by atoms with Gasteiger partial charge in [-0.2, -0.15) is 0 Å². The fraction of sp³-hybridized carbons (Fsp3) is 0.292. The molecule has 1 fully saturated rings. The van der Waals surface area contributed by atoms with E-state index in [1.54, 1.807) is 30.5 Å². The molecular formula is C24H21N7O5. The first-order chi connectivity index (χ1) is 17.4. The number of anilines is 1. The van der Waals surface area contributed by atoms with Gasteiger partial charge in [-0.05, 0) is 54.7 Å². The molecular weight excluding hydrogens is 466 g/mol. The summed E-state index contributed by atoms with van der Waals surface area (Å²) in [5.74, 6) is -1.49. The van der Waals surface area contributed by atoms with Gasteiger partial charge in [-0.25, -0.2) is 4.68 Å². The number of H-pyrrole nitrogens is 1. The van der Waals surface area contributed by atoms with Gasteiger partial charge in [0.25, 0.3) is 17.4 Å². The van der Waals surface area contributed by atoms with E-state index in [0.29, 0.717) is 29.0 Å². The summed E-state index contributed by atoms with van der Waals surface area (Å²) in [6.07, 6.45) is 4.99. The van der Waals surface area contributed by atoms with Crippen LogP contribution in [0.3, 0.4) is 0 Å². The molecule has 5 heterocycles. The highest BCUT2D eigenvalue weighted by molar-refractivity contribution is 6.06. The highest BCUT2D eigenvalue weighted by Crippen LogP contribution is 2.29. The zero-order chi connectivity index (χ0) is 25.0. The van der Waals surface area contributed by atoms with Gasteiger partial charge in [0.05, 0.1) is 11.9 Å². The molecule has 4 amide bonds. The molecule has 1 atom stereocenters. The summed E-state index contributed by atoms with van der Waals surface area (Å²) < 4.78 is 1.44. The molecule has 12 heteroatoms. The van der Waals surface area contributed by atoms with Crippen molar-refractivity contribution in [2.45, 2.75) is 38.3 Å². The maximum absolute atomic E-state index is 13.2. The van der Waals surface area contributed by atoms with E-state index in [2.05, 4.69) is 20.6 Å². The maximum Gasteiger partial charge on any atom is 0.280 e. The third kappa shape index (κ3) is 3.49. The number of piperidine rings is 1. The number of rotatable bonds is 3. The molecule has 0 aliphatic carbocycles. The smallest absolute Gasteiger partial charge is 0.280 e. The van der Waals surface area contributed by atoms with Crippen LogP contribution in [0.1, 0.15) is 51.2 Å². The number of aryl methyl sites for hydroxylation is 1. The lowest BCUT2D eigenvalue weighted by Gasteiger charge is -2.29. The molecule has 2 aromatic heterocycles. The van der Waals surface area contributed by atoms with Crippen molar-refractivity contribution < 1.29 is 19.2 Å². The molecule has 0 bridgehead atoms. The number of pyridine rings is 1. The van der Waals surface area contributed by atoms with Crippen LogP contribution in [-0.4, -0.2) is 61.1 Å². The molecule has 1 unspecified atom stereocenters. The van der Waals surface area contributed by atoms with Gasteiger partial charge in [0.2, 0.25) is 11.8 Å². The van der Waals surface area contributed by atoms with Gasteiger partial charge in [0.1, 0.15) is 11.7 Å². The standard InChI is InChI=1S/C24H21N7O5/c32-19-6-5-18(21(33)26-19)30-11-14-10-15(3-4-16(14)23(30)35)31-12-17(27-28-31)24(36)29-9-1-2-13-7-8-25-22(34)20(13)29/h3-4,7-8,10,12,18H,1-2,5-6,9,11H2,(H,25,34)(H,26,32,33). The number of aromatic nitrogens is 4. The predicted molar refractivity (Wildman–Crippen MR) is 124 cm³/mol. The number of nitrogens with zero attached hydrogens (tertiary/aromatic N) is 5. The van der Waals surface area contributed by atoms with Gasteiger partial charge in [0, 0.05) is 31.3 Å². The Morgan fingerprint density at radius 3 is 2.75 bits per heavy atom. The van der Waals surface area contributed by atoms with Crippen LogP contribution in [0.5, 0.6) is 0 Å². The Morgan fingerprint density at radius 2 is 1.92 bits per heavy atom. The van der Waals surface area contributed by atoms with Crippen LogP contribution < -0.4 is 15.8 Å². The number of nitrogens with one attached hydrogen (secondary N) is 2. The van der Waals surface area contributed by atoms with Crippen LogP contribution in [0.15, 0.2) is 41.5 Å². The Morgan fingerprint density at radius 1 is 1.06 bits per heavy atom. The van der Waals surface area contributed by atoms with Crippen LogP contribution in [0.25, 0.3) is 5.69 Å². The fourth-order valence-electron chi connectivity index (χ4n) is 5.08. The van der Waals surface area contributed by atoms with Crippen molar-refractivity contribution in [1.82, 2.24) is 30.2 Å². The minimum absolute atomic E-state index is 0.0906. The first-order valence-electron chi connectivity index (χ1n) is 11.6. The molecule has 1 aromatic carbocycles. The molecule has 36 heavy (non-hydrogen) atoms. The molecule has 3 aliphatic heterocycles. The van der Waals surface area contributed by atoms with Crippen molar-refractivity contribution in [1.29, 1.82) is 0 Å². The third-order valence-electron chi connectivity index (χ3n) is 6.85. The Labute approximate surface area is 203 Å². The van der Waals surface area contributed by atoms with Crippen LogP contribution in [0.4, 0.5) is 5.69 Å². The lowest BCUT2D eigenvalue weighted by Crippen LogP contribution is -2.52. The number of aromatic amines is 1. The summed E-state index contributed by atoms with van der Waals surface area (Å²) in [7, 11) is 0. The predicted octanol–water partition coefficient (Wildman–Crippen LogP) is 0.310. The third-order valence-corrected chi connectivity index (χ3v) is 6.85. The molecule has 12 nitrogen and oxygen atoms in total. The highest BCUT2D eigenvalue weighted by Gasteiger charge is 2.39. The number of imide groups is 1. The van der Waals surface area contributed by atoms with Gasteiger partial charge in [-0.1, -0.05) is 5.21 Å². The van der Waals surface area contributed by atoms with Gasteiger partial charge in [-0.15, -0.1) is 5.10 Å². The van der Waals surface area contributed by atoms with E-state index in [0.717, 1.165) is 18.4 Å². The topological polar surface area (TPSA) is 150 Å². The molecule has 1 saturated heterocycles. The number of benzene rings is 1. The molecule has 0 radical (unpaired) electrons. The Bertz CT molecular complexity index is 1510. The summed E-state index contributed by atoms with van der Waals surface area (Å²) in [5.41, 5.74) is 2.70. The summed E-state index contributed by atoms with van der Waals surface area (Å²) in [5, 5.41) is 10.4.